The van der Waals surface area contributed by atoms with Gasteiger partial charge >= 0.3 is 126 Å². The van der Waals surface area contributed by atoms with Crippen LogP contribution in [0.25, 0.3) is 0 Å². The van der Waals surface area contributed by atoms with Gasteiger partial charge < -0.3 is 0 Å². The third-order valence-corrected chi connectivity index (χ3v) is 8.70. The zero-order chi connectivity index (χ0) is 14.3. The van der Waals surface area contributed by atoms with Gasteiger partial charge in [-0.15, -0.1) is 0 Å². The molecule has 0 radical (unpaired) electrons. The van der Waals surface area contributed by atoms with Crippen molar-refractivity contribution in [2.45, 2.75) is 54.4 Å². The van der Waals surface area contributed by atoms with Crippen LogP contribution in [0, 0.1) is 10.8 Å². The number of hydrogen-bond donors (Lipinski definition) is 0. The van der Waals surface area contributed by atoms with Gasteiger partial charge in [0.1, 0.15) is 0 Å². The summed E-state index contributed by atoms with van der Waals surface area (Å²) in [6.45, 7) is 14.1. The molecule has 0 spiro atoms. The van der Waals surface area contributed by atoms with Crippen molar-refractivity contribution in [1.29, 1.82) is 0 Å². The maximum atomic E-state index is 2.39. The SMILES string of the molecule is CC(C)(C)C1=[C]([Zn][C]2=C(C(C)(C)C)C=CC2)CC=C1. The Labute approximate surface area is 126 Å². The molecule has 100 valence electrons. The number of hydrogen-bond acceptors (Lipinski definition) is 0. The third kappa shape index (κ3) is 3.37. The second-order valence-electron chi connectivity index (χ2n) is 7.92. The molecule has 19 heavy (non-hydrogen) atoms. The Morgan fingerprint density at radius 3 is 1.42 bits per heavy atom. The molecule has 0 heterocycles. The minimum atomic E-state index is -0.754. The van der Waals surface area contributed by atoms with E-state index in [2.05, 4.69) is 65.8 Å². The normalized spacial score (nSPS) is 19.7. The van der Waals surface area contributed by atoms with Crippen molar-refractivity contribution in [2.24, 2.45) is 10.8 Å². The van der Waals surface area contributed by atoms with Gasteiger partial charge in [0.25, 0.3) is 0 Å². The van der Waals surface area contributed by atoms with E-state index in [1.54, 1.807) is 11.1 Å². The Hall–Kier alpha value is -0.417. The van der Waals surface area contributed by atoms with Crippen LogP contribution < -0.4 is 0 Å². The van der Waals surface area contributed by atoms with Crippen LogP contribution in [0.15, 0.2) is 43.8 Å². The predicted octanol–water partition coefficient (Wildman–Crippen LogP) is 5.59. The first-order chi connectivity index (χ1) is 8.69. The van der Waals surface area contributed by atoms with Crippen LogP contribution in [-0.4, -0.2) is 0 Å². The fourth-order valence-electron chi connectivity index (χ4n) is 3.25. The Morgan fingerprint density at radius 2 is 1.11 bits per heavy atom. The molecule has 0 amide bonds. The van der Waals surface area contributed by atoms with Gasteiger partial charge in [-0.3, -0.25) is 0 Å². The molecule has 0 aromatic carbocycles. The van der Waals surface area contributed by atoms with Crippen LogP contribution in [0.5, 0.6) is 0 Å². The molecule has 2 aliphatic rings. The van der Waals surface area contributed by atoms with Crippen LogP contribution in [0.4, 0.5) is 0 Å². The van der Waals surface area contributed by atoms with Crippen molar-refractivity contribution in [3.05, 3.63) is 43.8 Å². The van der Waals surface area contributed by atoms with Crippen molar-refractivity contribution in [1.82, 2.24) is 0 Å². The van der Waals surface area contributed by atoms with Crippen molar-refractivity contribution in [3.63, 3.8) is 0 Å². The summed E-state index contributed by atoms with van der Waals surface area (Å²) in [7, 11) is 0. The molecular weight excluding hydrogens is 282 g/mol. The second kappa shape index (κ2) is 5.17. The van der Waals surface area contributed by atoms with Crippen molar-refractivity contribution in [3.8, 4) is 0 Å². The number of rotatable bonds is 2. The maximum absolute atomic E-state index is 2.39. The Kier molecular flexibility index (Phi) is 4.08. The fraction of sp³-hybridized carbons (Fsp3) is 0.556. The van der Waals surface area contributed by atoms with E-state index >= 15 is 0 Å². The van der Waals surface area contributed by atoms with E-state index in [-0.39, 0.29) is 0 Å². The first kappa shape index (κ1) is 15.0. The summed E-state index contributed by atoms with van der Waals surface area (Å²) in [5, 5.41) is 0. The molecule has 2 aliphatic carbocycles. The fourth-order valence-corrected chi connectivity index (χ4v) is 9.15. The van der Waals surface area contributed by atoms with Crippen LogP contribution in [-0.2, 0) is 17.1 Å². The van der Waals surface area contributed by atoms with Gasteiger partial charge in [-0.25, -0.2) is 0 Å². The second-order valence-corrected chi connectivity index (χ2v) is 12.2. The Bertz CT molecular complexity index is 439. The van der Waals surface area contributed by atoms with E-state index < -0.39 is 17.1 Å². The van der Waals surface area contributed by atoms with Crippen molar-refractivity contribution in [2.75, 3.05) is 0 Å². The molecule has 1 heteroatoms. The van der Waals surface area contributed by atoms with Crippen LogP contribution in [0.1, 0.15) is 54.4 Å². The molecule has 0 bridgehead atoms. The van der Waals surface area contributed by atoms with Gasteiger partial charge in [-0.2, -0.15) is 0 Å². The van der Waals surface area contributed by atoms with Gasteiger partial charge in [-0.05, 0) is 0 Å². The summed E-state index contributed by atoms with van der Waals surface area (Å²) in [5.74, 6) is 0. The molecule has 0 saturated heterocycles. The van der Waals surface area contributed by atoms with Crippen molar-refractivity contribution < 1.29 is 17.1 Å². The summed E-state index contributed by atoms with van der Waals surface area (Å²) >= 11 is -0.754. The molecule has 2 rings (SSSR count). The summed E-state index contributed by atoms with van der Waals surface area (Å²) in [6, 6.07) is 0. The van der Waals surface area contributed by atoms with Gasteiger partial charge in [0.15, 0.2) is 0 Å². The monoisotopic (exact) mass is 306 g/mol. The summed E-state index contributed by atoms with van der Waals surface area (Å²) < 4.78 is 3.64. The first-order valence-corrected chi connectivity index (χ1v) is 10.4. The van der Waals surface area contributed by atoms with E-state index in [1.807, 2.05) is 8.33 Å². The van der Waals surface area contributed by atoms with E-state index in [9.17, 15) is 0 Å². The predicted molar refractivity (Wildman–Crippen MR) is 80.5 cm³/mol. The molecule has 0 fully saturated rings. The van der Waals surface area contributed by atoms with E-state index in [0.29, 0.717) is 10.8 Å². The third-order valence-electron chi connectivity index (χ3n) is 4.10. The molecule has 0 saturated carbocycles. The van der Waals surface area contributed by atoms with E-state index in [4.69, 9.17) is 0 Å². The van der Waals surface area contributed by atoms with Crippen molar-refractivity contribution >= 4 is 0 Å². The molecule has 0 atom stereocenters. The van der Waals surface area contributed by atoms with Gasteiger partial charge in [0, 0.05) is 0 Å². The average molecular weight is 308 g/mol. The molecule has 0 unspecified atom stereocenters. The summed E-state index contributed by atoms with van der Waals surface area (Å²) in [5.41, 5.74) is 3.92. The van der Waals surface area contributed by atoms with E-state index in [0.717, 1.165) is 0 Å². The molecule has 0 nitrogen and oxygen atoms in total. The zero-order valence-electron chi connectivity index (χ0n) is 13.4. The molecule has 0 aliphatic heterocycles. The van der Waals surface area contributed by atoms with Crippen LogP contribution in [0.2, 0.25) is 0 Å². The summed E-state index contributed by atoms with van der Waals surface area (Å²) in [6.07, 6.45) is 12.0. The first-order valence-electron chi connectivity index (χ1n) is 7.47. The standard InChI is InChI=1S/2C9H13.Zn/c2*1-9(2,3)8-6-4-5-7-8;/h2*4,6H,5H2,1-3H3;. The average Bonchev–Trinajstić information content (AvgIpc) is 2.83. The van der Waals surface area contributed by atoms with Crippen LogP contribution in [0.3, 0.4) is 0 Å². The molecule has 0 aromatic rings. The molecular formula is C18H26Zn. The zero-order valence-corrected chi connectivity index (χ0v) is 16.4. The Balaban J connectivity index is 2.28. The molecule has 0 N–H and O–H groups in total. The Morgan fingerprint density at radius 1 is 0.737 bits per heavy atom. The molecule has 0 aromatic heterocycles. The minimum absolute atomic E-state index is 0.322. The summed E-state index contributed by atoms with van der Waals surface area (Å²) in [4.78, 5) is 0. The van der Waals surface area contributed by atoms with E-state index in [1.165, 1.54) is 12.8 Å². The quantitative estimate of drug-likeness (QED) is 0.583. The van der Waals surface area contributed by atoms with Gasteiger partial charge in [0.05, 0.1) is 0 Å². The topological polar surface area (TPSA) is 0 Å². The number of allylic oxidation sites excluding steroid dienone is 8. The van der Waals surface area contributed by atoms with Crippen LogP contribution >= 0.6 is 0 Å². The van der Waals surface area contributed by atoms with Gasteiger partial charge in [-0.1, -0.05) is 0 Å². The van der Waals surface area contributed by atoms with Gasteiger partial charge in [0.2, 0.25) is 0 Å².